The van der Waals surface area contributed by atoms with Crippen LogP contribution in [0.3, 0.4) is 0 Å². The summed E-state index contributed by atoms with van der Waals surface area (Å²) in [5, 5.41) is 12.4. The fourth-order valence-electron chi connectivity index (χ4n) is 2.15. The fraction of sp³-hybridized carbons (Fsp3) is 0.412. The number of rotatable bonds is 5. The lowest BCUT2D eigenvalue weighted by atomic mass is 9.82. The third-order valence-electron chi connectivity index (χ3n) is 4.02. The van der Waals surface area contributed by atoms with Crippen molar-refractivity contribution < 1.29 is 9.84 Å². The highest BCUT2D eigenvalue weighted by Gasteiger charge is 2.20. The number of aliphatic hydroxyl groups excluding tert-OH is 1. The van der Waals surface area contributed by atoms with E-state index in [9.17, 15) is 5.11 Å². The molecule has 0 radical (unpaired) electrons. The van der Waals surface area contributed by atoms with E-state index in [1.54, 1.807) is 7.11 Å². The van der Waals surface area contributed by atoms with Gasteiger partial charge in [0, 0.05) is 0 Å². The number of benzene rings is 1. The Hall–Kier alpha value is -1.32. The first-order valence-electron chi connectivity index (χ1n) is 6.89. The van der Waals surface area contributed by atoms with Crippen molar-refractivity contribution in [3.05, 3.63) is 51.7 Å². The molecule has 0 spiro atoms. The predicted molar refractivity (Wildman–Crippen MR) is 84.7 cm³/mol. The van der Waals surface area contributed by atoms with E-state index in [0.717, 1.165) is 22.6 Å². The summed E-state index contributed by atoms with van der Waals surface area (Å²) in [6.07, 6.45) is 0.469. The maximum atomic E-state index is 10.5. The molecular weight excluding hydrogens is 268 g/mol. The SMILES string of the molecule is CCC(C)(C)c1ccc(C(O)c2sccc2OC)cc1. The number of thiophene rings is 1. The second-order valence-corrected chi connectivity index (χ2v) is 6.56. The summed E-state index contributed by atoms with van der Waals surface area (Å²) in [7, 11) is 1.63. The maximum Gasteiger partial charge on any atom is 0.135 e. The maximum absolute atomic E-state index is 10.5. The smallest absolute Gasteiger partial charge is 0.135 e. The molecular formula is C17H22O2S. The topological polar surface area (TPSA) is 29.5 Å². The second kappa shape index (κ2) is 5.98. The van der Waals surface area contributed by atoms with Crippen LogP contribution in [0, 0.1) is 0 Å². The average molecular weight is 290 g/mol. The Morgan fingerprint density at radius 2 is 1.85 bits per heavy atom. The van der Waals surface area contributed by atoms with Gasteiger partial charge in [-0.15, -0.1) is 11.3 Å². The summed E-state index contributed by atoms with van der Waals surface area (Å²) >= 11 is 1.52. The van der Waals surface area contributed by atoms with Gasteiger partial charge in [-0.3, -0.25) is 0 Å². The van der Waals surface area contributed by atoms with Gasteiger partial charge < -0.3 is 9.84 Å². The largest absolute Gasteiger partial charge is 0.495 e. The molecule has 20 heavy (non-hydrogen) atoms. The Balaban J connectivity index is 2.26. The van der Waals surface area contributed by atoms with E-state index in [0.29, 0.717) is 0 Å². The minimum Gasteiger partial charge on any atom is -0.495 e. The summed E-state index contributed by atoms with van der Waals surface area (Å²) in [6, 6.07) is 10.1. The monoisotopic (exact) mass is 290 g/mol. The zero-order valence-corrected chi connectivity index (χ0v) is 13.3. The quantitative estimate of drug-likeness (QED) is 0.877. The summed E-state index contributed by atoms with van der Waals surface area (Å²) in [5.74, 6) is 0.750. The van der Waals surface area contributed by atoms with E-state index in [4.69, 9.17) is 4.74 Å². The average Bonchev–Trinajstić information content (AvgIpc) is 2.95. The van der Waals surface area contributed by atoms with Crippen molar-refractivity contribution in [2.24, 2.45) is 0 Å². The minimum atomic E-state index is -0.622. The molecule has 1 unspecified atom stereocenters. The van der Waals surface area contributed by atoms with Gasteiger partial charge in [-0.2, -0.15) is 0 Å². The van der Waals surface area contributed by atoms with Gasteiger partial charge in [0.15, 0.2) is 0 Å². The van der Waals surface area contributed by atoms with Crippen LogP contribution in [0.1, 0.15) is 49.3 Å². The van der Waals surface area contributed by atoms with Gasteiger partial charge in [-0.25, -0.2) is 0 Å². The first-order valence-corrected chi connectivity index (χ1v) is 7.77. The highest BCUT2D eigenvalue weighted by molar-refractivity contribution is 7.10. The summed E-state index contributed by atoms with van der Waals surface area (Å²) in [4.78, 5) is 0.856. The van der Waals surface area contributed by atoms with Gasteiger partial charge in [-0.05, 0) is 34.4 Å². The lowest BCUT2D eigenvalue weighted by Crippen LogP contribution is -2.15. The molecule has 0 saturated heterocycles. The van der Waals surface area contributed by atoms with Crippen LogP contribution in [-0.4, -0.2) is 12.2 Å². The second-order valence-electron chi connectivity index (χ2n) is 5.62. The molecule has 108 valence electrons. The number of methoxy groups -OCH3 is 1. The molecule has 0 bridgehead atoms. The standard InChI is InChI=1S/C17H22O2S/c1-5-17(2,3)13-8-6-12(7-9-13)15(18)16-14(19-4)10-11-20-16/h6-11,15,18H,5H2,1-4H3. The van der Waals surface area contributed by atoms with Crippen LogP contribution in [0.5, 0.6) is 5.75 Å². The van der Waals surface area contributed by atoms with Crippen LogP contribution in [0.15, 0.2) is 35.7 Å². The van der Waals surface area contributed by atoms with Crippen molar-refractivity contribution in [1.82, 2.24) is 0 Å². The number of ether oxygens (including phenoxy) is 1. The van der Waals surface area contributed by atoms with Gasteiger partial charge in [0.1, 0.15) is 11.9 Å². The molecule has 1 aromatic carbocycles. The fourth-order valence-corrected chi connectivity index (χ4v) is 3.02. The van der Waals surface area contributed by atoms with Gasteiger partial charge in [0.05, 0.1) is 12.0 Å². The molecule has 1 aromatic heterocycles. The number of hydrogen-bond acceptors (Lipinski definition) is 3. The van der Waals surface area contributed by atoms with E-state index >= 15 is 0 Å². The van der Waals surface area contributed by atoms with Gasteiger partial charge >= 0.3 is 0 Å². The van der Waals surface area contributed by atoms with Crippen LogP contribution >= 0.6 is 11.3 Å². The van der Waals surface area contributed by atoms with Crippen LogP contribution in [0.2, 0.25) is 0 Å². The summed E-state index contributed by atoms with van der Waals surface area (Å²) in [6.45, 7) is 6.67. The van der Waals surface area contributed by atoms with Crippen LogP contribution in [-0.2, 0) is 5.41 Å². The van der Waals surface area contributed by atoms with Crippen LogP contribution in [0.4, 0.5) is 0 Å². The molecule has 1 N–H and O–H groups in total. The van der Waals surface area contributed by atoms with Crippen molar-refractivity contribution in [1.29, 1.82) is 0 Å². The minimum absolute atomic E-state index is 0.171. The normalized spacial score (nSPS) is 13.2. The number of hydrogen-bond donors (Lipinski definition) is 1. The Kier molecular flexibility index (Phi) is 4.51. The predicted octanol–water partition coefficient (Wildman–Crippen LogP) is 4.53. The van der Waals surface area contributed by atoms with Crippen LogP contribution < -0.4 is 4.74 Å². The summed E-state index contributed by atoms with van der Waals surface area (Å²) < 4.78 is 5.27. The first-order chi connectivity index (χ1) is 9.49. The third kappa shape index (κ3) is 2.89. The summed E-state index contributed by atoms with van der Waals surface area (Å²) in [5.41, 5.74) is 2.37. The van der Waals surface area contributed by atoms with E-state index in [1.165, 1.54) is 16.9 Å². The van der Waals surface area contributed by atoms with Crippen molar-refractivity contribution in [2.75, 3.05) is 7.11 Å². The Morgan fingerprint density at radius 3 is 2.40 bits per heavy atom. The van der Waals surface area contributed by atoms with Gasteiger partial charge in [0.25, 0.3) is 0 Å². The first kappa shape index (κ1) is 15.1. The molecule has 1 atom stereocenters. The Bertz CT molecular complexity index is 555. The molecule has 2 nitrogen and oxygen atoms in total. The molecule has 1 heterocycles. The Morgan fingerprint density at radius 1 is 1.20 bits per heavy atom. The highest BCUT2D eigenvalue weighted by Crippen LogP contribution is 2.35. The lowest BCUT2D eigenvalue weighted by molar-refractivity contribution is 0.219. The molecule has 2 rings (SSSR count). The molecule has 0 aliphatic rings. The van der Waals surface area contributed by atoms with Gasteiger partial charge in [0.2, 0.25) is 0 Å². The molecule has 0 aliphatic heterocycles. The Labute approximate surface area is 125 Å². The molecule has 3 heteroatoms. The lowest BCUT2D eigenvalue weighted by Gasteiger charge is -2.24. The zero-order valence-electron chi connectivity index (χ0n) is 12.5. The van der Waals surface area contributed by atoms with E-state index in [-0.39, 0.29) is 5.41 Å². The van der Waals surface area contributed by atoms with E-state index in [2.05, 4.69) is 32.9 Å². The van der Waals surface area contributed by atoms with Crippen molar-refractivity contribution in [2.45, 2.75) is 38.7 Å². The van der Waals surface area contributed by atoms with Crippen molar-refractivity contribution in [3.8, 4) is 5.75 Å². The molecule has 2 aromatic rings. The van der Waals surface area contributed by atoms with E-state index < -0.39 is 6.10 Å². The highest BCUT2D eigenvalue weighted by atomic mass is 32.1. The number of aliphatic hydroxyl groups is 1. The molecule has 0 saturated carbocycles. The third-order valence-corrected chi connectivity index (χ3v) is 4.97. The van der Waals surface area contributed by atoms with Crippen molar-refractivity contribution in [3.63, 3.8) is 0 Å². The van der Waals surface area contributed by atoms with Gasteiger partial charge in [-0.1, -0.05) is 45.0 Å². The zero-order chi connectivity index (χ0) is 14.8. The molecule has 0 amide bonds. The van der Waals surface area contributed by atoms with Crippen molar-refractivity contribution >= 4 is 11.3 Å². The van der Waals surface area contributed by atoms with E-state index in [1.807, 2.05) is 23.6 Å². The molecule has 0 aliphatic carbocycles. The van der Waals surface area contributed by atoms with Crippen LogP contribution in [0.25, 0.3) is 0 Å². The molecule has 0 fully saturated rings.